The van der Waals surface area contributed by atoms with Gasteiger partial charge in [-0.3, -0.25) is 0 Å². The minimum absolute atomic E-state index is 0.231. The monoisotopic (exact) mass is 293 g/mol. The first-order valence-corrected chi connectivity index (χ1v) is 8.09. The first kappa shape index (κ1) is 15.0. The summed E-state index contributed by atoms with van der Waals surface area (Å²) in [7, 11) is -1.89. The fraction of sp³-hybridized carbons (Fsp3) is 0.500. The molecule has 108 valence electrons. The van der Waals surface area contributed by atoms with Crippen LogP contribution < -0.4 is 5.32 Å². The molecule has 1 N–H and O–H groups in total. The highest BCUT2D eigenvalue weighted by Gasteiger charge is 2.25. The molecule has 2 rings (SSSR count). The second-order valence-electron chi connectivity index (χ2n) is 5.17. The summed E-state index contributed by atoms with van der Waals surface area (Å²) >= 11 is 0. The molecule has 0 amide bonds. The molecule has 1 saturated heterocycles. The number of nitrogens with one attached hydrogen (secondary N) is 1. The first-order chi connectivity index (χ1) is 9.45. The first-order valence-electron chi connectivity index (χ1n) is 6.65. The van der Waals surface area contributed by atoms with Gasteiger partial charge in [0, 0.05) is 19.6 Å². The van der Waals surface area contributed by atoms with Gasteiger partial charge in [-0.25, -0.2) is 8.42 Å². The van der Waals surface area contributed by atoms with Crippen LogP contribution in [0.3, 0.4) is 0 Å². The maximum atomic E-state index is 12.5. The predicted octanol–water partition coefficient (Wildman–Crippen LogP) is 1.24. The number of nitrogens with zero attached hydrogens (tertiary/aromatic N) is 2. The Balaban J connectivity index is 2.20. The number of likely N-dealkylation sites (N-methyl/N-ethyl adjacent to an activating group) is 1. The lowest BCUT2D eigenvalue weighted by Crippen LogP contribution is -2.38. The average molecular weight is 293 g/mol. The van der Waals surface area contributed by atoms with E-state index < -0.39 is 10.0 Å². The number of nitriles is 1. The van der Waals surface area contributed by atoms with Crippen LogP contribution in [0.15, 0.2) is 23.1 Å². The number of aryl methyl sites for hydroxylation is 1. The van der Waals surface area contributed by atoms with Crippen molar-refractivity contribution >= 4 is 10.0 Å². The molecule has 0 aromatic heterocycles. The van der Waals surface area contributed by atoms with Gasteiger partial charge in [0.1, 0.15) is 0 Å². The fourth-order valence-electron chi connectivity index (χ4n) is 2.42. The molecule has 0 saturated carbocycles. The molecule has 20 heavy (non-hydrogen) atoms. The lowest BCUT2D eigenvalue weighted by Gasteiger charge is -2.21. The molecule has 1 aromatic carbocycles. The van der Waals surface area contributed by atoms with Gasteiger partial charge >= 0.3 is 0 Å². The molecule has 0 radical (unpaired) electrons. The molecule has 1 aliphatic rings. The Morgan fingerprint density at radius 3 is 2.80 bits per heavy atom. The maximum Gasteiger partial charge on any atom is 0.242 e. The van der Waals surface area contributed by atoms with E-state index in [0.717, 1.165) is 19.4 Å². The highest BCUT2D eigenvalue weighted by Crippen LogP contribution is 2.19. The number of hydrogen-bond acceptors (Lipinski definition) is 4. The van der Waals surface area contributed by atoms with Gasteiger partial charge in [0.25, 0.3) is 0 Å². The highest BCUT2D eigenvalue weighted by atomic mass is 32.2. The average Bonchev–Trinajstić information content (AvgIpc) is 2.91. The van der Waals surface area contributed by atoms with E-state index in [1.165, 1.54) is 10.4 Å². The lowest BCUT2D eigenvalue weighted by atomic mass is 10.1. The molecule has 1 aliphatic heterocycles. The molecule has 0 spiro atoms. The molecular formula is C14H19N3O2S. The molecule has 1 atom stereocenters. The molecule has 5 nitrogen and oxygen atoms in total. The molecular weight excluding hydrogens is 274 g/mol. The highest BCUT2D eigenvalue weighted by molar-refractivity contribution is 7.89. The Morgan fingerprint density at radius 1 is 1.50 bits per heavy atom. The fourth-order valence-corrected chi connectivity index (χ4v) is 3.72. The van der Waals surface area contributed by atoms with Crippen LogP contribution in [0, 0.1) is 18.3 Å². The van der Waals surface area contributed by atoms with Crippen LogP contribution in [0.25, 0.3) is 0 Å². The van der Waals surface area contributed by atoms with Gasteiger partial charge in [0.15, 0.2) is 0 Å². The summed E-state index contributed by atoms with van der Waals surface area (Å²) in [6.07, 6.45) is 2.10. The summed E-state index contributed by atoms with van der Waals surface area (Å²) in [6, 6.07) is 6.90. The van der Waals surface area contributed by atoms with Crippen molar-refractivity contribution in [3.63, 3.8) is 0 Å². The lowest BCUT2D eigenvalue weighted by molar-refractivity contribution is 0.417. The van der Waals surface area contributed by atoms with Crippen molar-refractivity contribution in [2.75, 3.05) is 20.1 Å². The summed E-state index contributed by atoms with van der Waals surface area (Å²) in [5.74, 6) is 0. The Hall–Kier alpha value is -1.42. The van der Waals surface area contributed by atoms with Gasteiger partial charge < -0.3 is 5.32 Å². The van der Waals surface area contributed by atoms with E-state index in [9.17, 15) is 8.42 Å². The summed E-state index contributed by atoms with van der Waals surface area (Å²) in [4.78, 5) is 0.245. The van der Waals surface area contributed by atoms with Crippen molar-refractivity contribution in [3.8, 4) is 6.07 Å². The molecule has 0 bridgehead atoms. The minimum atomic E-state index is -3.49. The number of hydrogen-bond donors (Lipinski definition) is 1. The summed E-state index contributed by atoms with van der Waals surface area (Å²) in [5.41, 5.74) is 1.19. The van der Waals surface area contributed by atoms with E-state index in [1.54, 1.807) is 26.1 Å². The smallest absolute Gasteiger partial charge is 0.242 e. The zero-order valence-electron chi connectivity index (χ0n) is 11.8. The van der Waals surface area contributed by atoms with Gasteiger partial charge in [0.05, 0.1) is 16.5 Å². The summed E-state index contributed by atoms with van der Waals surface area (Å²) < 4.78 is 26.4. The zero-order chi connectivity index (χ0) is 14.8. The van der Waals surface area contributed by atoms with Crippen molar-refractivity contribution < 1.29 is 8.42 Å². The minimum Gasteiger partial charge on any atom is -0.313 e. The SMILES string of the molecule is Cc1cc(S(=O)(=O)N(C)CC2CCCN2)ccc1C#N. The second kappa shape index (κ2) is 5.92. The van der Waals surface area contributed by atoms with Crippen LogP contribution in [0.5, 0.6) is 0 Å². The predicted molar refractivity (Wildman–Crippen MR) is 76.7 cm³/mol. The van der Waals surface area contributed by atoms with Gasteiger partial charge in [-0.1, -0.05) is 0 Å². The van der Waals surface area contributed by atoms with Crippen molar-refractivity contribution in [3.05, 3.63) is 29.3 Å². The summed E-state index contributed by atoms with van der Waals surface area (Å²) in [6.45, 7) is 3.17. The van der Waals surface area contributed by atoms with Gasteiger partial charge in [0.2, 0.25) is 10.0 Å². The Morgan fingerprint density at radius 2 is 2.25 bits per heavy atom. The van der Waals surface area contributed by atoms with Crippen LogP contribution in [0.4, 0.5) is 0 Å². The topological polar surface area (TPSA) is 73.2 Å². The summed E-state index contributed by atoms with van der Waals surface area (Å²) in [5, 5.41) is 12.2. The van der Waals surface area contributed by atoms with E-state index in [4.69, 9.17) is 5.26 Å². The molecule has 0 aliphatic carbocycles. The van der Waals surface area contributed by atoms with Crippen molar-refractivity contribution in [1.29, 1.82) is 5.26 Å². The van der Waals surface area contributed by atoms with Crippen LogP contribution in [0.2, 0.25) is 0 Å². The third-order valence-electron chi connectivity index (χ3n) is 3.67. The van der Waals surface area contributed by atoms with Crippen molar-refractivity contribution in [2.24, 2.45) is 0 Å². The van der Waals surface area contributed by atoms with Crippen LogP contribution in [-0.4, -0.2) is 38.9 Å². The van der Waals surface area contributed by atoms with E-state index >= 15 is 0 Å². The molecule has 1 unspecified atom stereocenters. The number of rotatable bonds is 4. The largest absolute Gasteiger partial charge is 0.313 e. The Labute approximate surface area is 120 Å². The van der Waals surface area contributed by atoms with Crippen molar-refractivity contribution in [1.82, 2.24) is 9.62 Å². The quantitative estimate of drug-likeness (QED) is 0.906. The molecule has 1 heterocycles. The van der Waals surface area contributed by atoms with Crippen LogP contribution >= 0.6 is 0 Å². The maximum absolute atomic E-state index is 12.5. The van der Waals surface area contributed by atoms with Gasteiger partial charge in [-0.05, 0) is 50.1 Å². The zero-order valence-corrected chi connectivity index (χ0v) is 12.6. The third-order valence-corrected chi connectivity index (χ3v) is 5.49. The Kier molecular flexibility index (Phi) is 4.43. The van der Waals surface area contributed by atoms with Crippen molar-refractivity contribution in [2.45, 2.75) is 30.7 Å². The van der Waals surface area contributed by atoms with Gasteiger partial charge in [-0.2, -0.15) is 9.57 Å². The number of sulfonamides is 1. The standard InChI is InChI=1S/C14H19N3O2S/c1-11-8-14(6-5-12(11)9-15)20(18,19)17(2)10-13-4-3-7-16-13/h5-6,8,13,16H,3-4,7,10H2,1-2H3. The van der Waals surface area contributed by atoms with E-state index in [-0.39, 0.29) is 10.9 Å². The second-order valence-corrected chi connectivity index (χ2v) is 7.21. The van der Waals surface area contributed by atoms with E-state index in [1.807, 2.05) is 6.07 Å². The van der Waals surface area contributed by atoms with Gasteiger partial charge in [-0.15, -0.1) is 0 Å². The normalized spacial score (nSPS) is 19.2. The van der Waals surface area contributed by atoms with E-state index in [2.05, 4.69) is 5.32 Å². The Bertz CT molecular complexity index is 628. The molecule has 1 aromatic rings. The third kappa shape index (κ3) is 3.01. The van der Waals surface area contributed by atoms with Crippen LogP contribution in [0.1, 0.15) is 24.0 Å². The van der Waals surface area contributed by atoms with Crippen LogP contribution in [-0.2, 0) is 10.0 Å². The number of benzene rings is 1. The molecule has 1 fully saturated rings. The molecule has 6 heteroatoms. The van der Waals surface area contributed by atoms with E-state index in [0.29, 0.717) is 17.7 Å².